The molecule has 2 N–H and O–H groups in total. The van der Waals surface area contributed by atoms with E-state index in [1.54, 1.807) is 12.1 Å². The Morgan fingerprint density at radius 3 is 2.23 bits per heavy atom. The van der Waals surface area contributed by atoms with Crippen molar-refractivity contribution in [1.82, 2.24) is 0 Å². The predicted octanol–water partition coefficient (Wildman–Crippen LogP) is 4.94. The third kappa shape index (κ3) is 4.98. The second kappa shape index (κ2) is 7.78. The van der Waals surface area contributed by atoms with Crippen LogP contribution in [0.4, 0.5) is 24.5 Å². The van der Waals surface area contributed by atoms with E-state index in [9.17, 15) is 22.8 Å². The Balaban J connectivity index is 2.04. The normalized spacial score (nSPS) is 11.2. The van der Waals surface area contributed by atoms with Crippen molar-refractivity contribution in [2.45, 2.75) is 26.4 Å². The summed E-state index contributed by atoms with van der Waals surface area (Å²) in [5.41, 5.74) is 1.26. The molecule has 8 heteroatoms. The number of hydrogen-bond acceptors (Lipinski definition) is 2. The molecule has 138 valence electrons. The molecule has 26 heavy (non-hydrogen) atoms. The first-order chi connectivity index (χ1) is 12.1. The number of carbonyl (C=O) groups excluding carboxylic acids is 2. The molecule has 2 aromatic carbocycles. The molecule has 4 nitrogen and oxygen atoms in total. The van der Waals surface area contributed by atoms with Gasteiger partial charge in [0.2, 0.25) is 11.8 Å². The van der Waals surface area contributed by atoms with Crippen molar-refractivity contribution in [2.24, 2.45) is 0 Å². The maximum atomic E-state index is 12.7. The van der Waals surface area contributed by atoms with Crippen molar-refractivity contribution in [1.29, 1.82) is 0 Å². The topological polar surface area (TPSA) is 58.2 Å². The zero-order valence-electron chi connectivity index (χ0n) is 14.0. The van der Waals surface area contributed by atoms with Crippen LogP contribution in [0.1, 0.15) is 23.1 Å². The van der Waals surface area contributed by atoms with Crippen LogP contribution in [-0.2, 0) is 15.8 Å². The number of anilines is 2. The molecule has 0 saturated heterocycles. The van der Waals surface area contributed by atoms with Gasteiger partial charge in [-0.2, -0.15) is 13.2 Å². The van der Waals surface area contributed by atoms with Crippen LogP contribution in [0.25, 0.3) is 0 Å². The van der Waals surface area contributed by atoms with Crippen molar-refractivity contribution in [3.63, 3.8) is 0 Å². The fourth-order valence-corrected chi connectivity index (χ4v) is 2.38. The third-order valence-electron chi connectivity index (χ3n) is 3.77. The second-order valence-electron chi connectivity index (χ2n) is 5.71. The number of amides is 2. The zero-order valence-corrected chi connectivity index (χ0v) is 14.8. The summed E-state index contributed by atoms with van der Waals surface area (Å²) in [5.74, 6) is -1.35. The molecule has 2 amide bonds. The molecule has 0 aliphatic rings. The Morgan fingerprint density at radius 2 is 1.62 bits per heavy atom. The highest BCUT2D eigenvalue weighted by atomic mass is 35.5. The van der Waals surface area contributed by atoms with Crippen molar-refractivity contribution in [3.8, 4) is 0 Å². The van der Waals surface area contributed by atoms with E-state index in [-0.39, 0.29) is 10.7 Å². The van der Waals surface area contributed by atoms with Crippen LogP contribution in [0.2, 0.25) is 5.02 Å². The molecule has 0 unspecified atom stereocenters. The lowest BCUT2D eigenvalue weighted by Gasteiger charge is -2.12. The molecule has 0 aliphatic heterocycles. The highest BCUT2D eigenvalue weighted by molar-refractivity contribution is 6.33. The highest BCUT2D eigenvalue weighted by Gasteiger charge is 2.31. The van der Waals surface area contributed by atoms with Crippen LogP contribution in [0, 0.1) is 13.8 Å². The molecule has 0 bridgehead atoms. The number of rotatable bonds is 4. The van der Waals surface area contributed by atoms with Gasteiger partial charge in [0, 0.05) is 5.69 Å². The second-order valence-corrected chi connectivity index (χ2v) is 6.12. The van der Waals surface area contributed by atoms with E-state index < -0.39 is 30.0 Å². The molecule has 0 atom stereocenters. The monoisotopic (exact) mass is 384 g/mol. The van der Waals surface area contributed by atoms with E-state index in [0.29, 0.717) is 5.69 Å². The minimum Gasteiger partial charge on any atom is -0.325 e. The summed E-state index contributed by atoms with van der Waals surface area (Å²) in [6, 6.07) is 7.92. The first kappa shape index (κ1) is 19.8. The Kier molecular flexibility index (Phi) is 5.92. The maximum absolute atomic E-state index is 12.7. The molecular formula is C18H16ClF3N2O2. The molecule has 0 radical (unpaired) electrons. The highest BCUT2D eigenvalue weighted by Crippen LogP contribution is 2.33. The smallest absolute Gasteiger partial charge is 0.325 e. The van der Waals surface area contributed by atoms with E-state index >= 15 is 0 Å². The number of carbonyl (C=O) groups is 2. The van der Waals surface area contributed by atoms with Gasteiger partial charge in [-0.15, -0.1) is 0 Å². The van der Waals surface area contributed by atoms with E-state index in [0.717, 1.165) is 29.3 Å². The van der Waals surface area contributed by atoms with Crippen LogP contribution >= 0.6 is 11.6 Å². The van der Waals surface area contributed by atoms with E-state index in [1.165, 1.54) is 0 Å². The van der Waals surface area contributed by atoms with Gasteiger partial charge in [0.1, 0.15) is 6.42 Å². The number of halogens is 4. The van der Waals surface area contributed by atoms with Gasteiger partial charge < -0.3 is 10.6 Å². The van der Waals surface area contributed by atoms with Gasteiger partial charge in [0.05, 0.1) is 16.3 Å². The van der Waals surface area contributed by atoms with Gasteiger partial charge in [-0.05, 0) is 49.2 Å². The van der Waals surface area contributed by atoms with Crippen molar-refractivity contribution < 1.29 is 22.8 Å². The Hall–Kier alpha value is -2.54. The summed E-state index contributed by atoms with van der Waals surface area (Å²) >= 11 is 5.81. The zero-order chi connectivity index (χ0) is 19.5. The maximum Gasteiger partial charge on any atom is 0.416 e. The number of nitrogens with one attached hydrogen (secondary N) is 2. The first-order valence-corrected chi connectivity index (χ1v) is 7.98. The Labute approximate surface area is 153 Å². The van der Waals surface area contributed by atoms with Crippen LogP contribution in [0.15, 0.2) is 36.4 Å². The lowest BCUT2D eigenvalue weighted by Crippen LogP contribution is -2.22. The van der Waals surface area contributed by atoms with E-state index in [4.69, 9.17) is 11.6 Å². The summed E-state index contributed by atoms with van der Waals surface area (Å²) in [6.45, 7) is 3.71. The lowest BCUT2D eigenvalue weighted by molar-refractivity contribution is -0.137. The average Bonchev–Trinajstić information content (AvgIpc) is 2.52. The summed E-state index contributed by atoms with van der Waals surface area (Å²) in [4.78, 5) is 24.0. The van der Waals surface area contributed by atoms with Gasteiger partial charge in [-0.25, -0.2) is 0 Å². The van der Waals surface area contributed by atoms with Crippen molar-refractivity contribution >= 4 is 34.8 Å². The van der Waals surface area contributed by atoms with Gasteiger partial charge in [0.15, 0.2) is 0 Å². The standard InChI is InChI=1S/C18H16ClF3N2O2/c1-10-4-3-5-14(11(10)2)23-16(25)9-17(26)24-15-8-12(18(20,21)22)6-7-13(15)19/h3-8H,9H2,1-2H3,(H,23,25)(H,24,26). The van der Waals surface area contributed by atoms with Crippen LogP contribution < -0.4 is 10.6 Å². The average molecular weight is 385 g/mol. The van der Waals surface area contributed by atoms with E-state index in [2.05, 4.69) is 10.6 Å². The molecule has 0 aliphatic carbocycles. The Morgan fingerprint density at radius 1 is 1.00 bits per heavy atom. The summed E-state index contributed by atoms with van der Waals surface area (Å²) in [5, 5.41) is 4.78. The van der Waals surface area contributed by atoms with Crippen LogP contribution in [-0.4, -0.2) is 11.8 Å². The predicted molar refractivity (Wildman–Crippen MR) is 94.2 cm³/mol. The van der Waals surface area contributed by atoms with Crippen LogP contribution in [0.5, 0.6) is 0 Å². The van der Waals surface area contributed by atoms with Gasteiger partial charge >= 0.3 is 6.18 Å². The molecule has 0 spiro atoms. The van der Waals surface area contributed by atoms with Gasteiger partial charge in [-0.3, -0.25) is 9.59 Å². The molecule has 0 saturated carbocycles. The number of hydrogen-bond donors (Lipinski definition) is 2. The summed E-state index contributed by atoms with van der Waals surface area (Å²) in [6.07, 6.45) is -5.12. The largest absolute Gasteiger partial charge is 0.416 e. The third-order valence-corrected chi connectivity index (χ3v) is 4.10. The SMILES string of the molecule is Cc1cccc(NC(=O)CC(=O)Nc2cc(C(F)(F)F)ccc2Cl)c1C. The van der Waals surface area contributed by atoms with Crippen molar-refractivity contribution in [3.05, 3.63) is 58.1 Å². The first-order valence-electron chi connectivity index (χ1n) is 7.60. The van der Waals surface area contributed by atoms with Gasteiger partial charge in [0.25, 0.3) is 0 Å². The number of benzene rings is 2. The quantitative estimate of drug-likeness (QED) is 0.733. The fraction of sp³-hybridized carbons (Fsp3) is 0.222. The molecule has 0 fully saturated rings. The Bertz CT molecular complexity index is 851. The summed E-state index contributed by atoms with van der Waals surface area (Å²) in [7, 11) is 0. The van der Waals surface area contributed by atoms with Crippen LogP contribution in [0.3, 0.4) is 0 Å². The van der Waals surface area contributed by atoms with E-state index in [1.807, 2.05) is 19.9 Å². The number of alkyl halides is 3. The molecule has 0 aromatic heterocycles. The van der Waals surface area contributed by atoms with Gasteiger partial charge in [-0.1, -0.05) is 23.7 Å². The molecule has 2 aromatic rings. The van der Waals surface area contributed by atoms with Crippen molar-refractivity contribution in [2.75, 3.05) is 10.6 Å². The molecule has 2 rings (SSSR count). The minimum atomic E-state index is -4.57. The lowest BCUT2D eigenvalue weighted by atomic mass is 10.1. The minimum absolute atomic E-state index is 0.0544. The summed E-state index contributed by atoms with van der Waals surface area (Å²) < 4.78 is 38.2. The fourth-order valence-electron chi connectivity index (χ4n) is 2.22. The number of aryl methyl sites for hydroxylation is 1. The molecule has 0 heterocycles. The molecular weight excluding hydrogens is 369 g/mol.